The van der Waals surface area contributed by atoms with E-state index in [1.807, 2.05) is 6.92 Å². The number of aromatic nitrogens is 1. The molecule has 20 heavy (non-hydrogen) atoms. The van der Waals surface area contributed by atoms with Crippen LogP contribution in [0.3, 0.4) is 0 Å². The van der Waals surface area contributed by atoms with Crippen LogP contribution in [-0.2, 0) is 14.8 Å². The molecule has 0 radical (unpaired) electrons. The zero-order valence-corrected chi connectivity index (χ0v) is 12.8. The summed E-state index contributed by atoms with van der Waals surface area (Å²) in [7, 11) is -3.62. The molecule has 0 spiro atoms. The van der Waals surface area contributed by atoms with Crippen molar-refractivity contribution < 1.29 is 13.2 Å². The van der Waals surface area contributed by atoms with E-state index in [1.165, 1.54) is 12.3 Å². The lowest BCUT2D eigenvalue weighted by Gasteiger charge is -2.23. The molecule has 1 saturated heterocycles. The van der Waals surface area contributed by atoms with Crippen LogP contribution in [0.15, 0.2) is 17.2 Å². The van der Waals surface area contributed by atoms with Gasteiger partial charge in [-0.05, 0) is 25.8 Å². The molecule has 0 saturated carbocycles. The fraction of sp³-hybridized carbons (Fsp3) is 0.583. The molecule has 1 atom stereocenters. The predicted molar refractivity (Wildman–Crippen MR) is 77.6 cm³/mol. The second kappa shape index (κ2) is 6.71. The molecule has 6 nitrogen and oxygen atoms in total. The lowest BCUT2D eigenvalue weighted by Crippen LogP contribution is -2.40. The van der Waals surface area contributed by atoms with Crippen molar-refractivity contribution in [3.05, 3.63) is 17.3 Å². The maximum atomic E-state index is 12.2. The van der Waals surface area contributed by atoms with Crippen molar-refractivity contribution >= 4 is 27.4 Å². The van der Waals surface area contributed by atoms with Crippen molar-refractivity contribution in [3.8, 4) is 0 Å². The van der Waals surface area contributed by atoms with Crippen molar-refractivity contribution in [2.45, 2.75) is 30.7 Å². The molecule has 1 aromatic heterocycles. The van der Waals surface area contributed by atoms with E-state index >= 15 is 0 Å². The van der Waals surface area contributed by atoms with Gasteiger partial charge in [0, 0.05) is 25.4 Å². The standard InChI is InChI=1S/C12H18ClN3O3S/c1-2-14-12-11(13)6-10(7-15-12)20(17,18)16-9-4-3-5-19-8-9/h6-7,9,16H,2-5,8H2,1H3,(H,14,15). The fourth-order valence-electron chi connectivity index (χ4n) is 1.99. The number of hydrogen-bond donors (Lipinski definition) is 2. The monoisotopic (exact) mass is 319 g/mol. The molecule has 0 aliphatic carbocycles. The highest BCUT2D eigenvalue weighted by Gasteiger charge is 2.23. The number of nitrogens with one attached hydrogen (secondary N) is 2. The molecular formula is C12H18ClN3O3S. The Morgan fingerprint density at radius 1 is 1.55 bits per heavy atom. The van der Waals surface area contributed by atoms with Crippen LogP contribution in [0.5, 0.6) is 0 Å². The average molecular weight is 320 g/mol. The van der Waals surface area contributed by atoms with Gasteiger partial charge in [0.2, 0.25) is 10.0 Å². The Morgan fingerprint density at radius 2 is 2.35 bits per heavy atom. The second-order valence-corrected chi connectivity index (χ2v) is 6.69. The molecule has 1 aliphatic heterocycles. The molecule has 8 heteroatoms. The molecule has 1 aromatic rings. The van der Waals surface area contributed by atoms with Gasteiger partial charge < -0.3 is 10.1 Å². The lowest BCUT2D eigenvalue weighted by atomic mass is 10.1. The number of pyridine rings is 1. The van der Waals surface area contributed by atoms with Crippen molar-refractivity contribution in [1.82, 2.24) is 9.71 Å². The molecule has 0 amide bonds. The Balaban J connectivity index is 2.14. The number of anilines is 1. The normalized spacial score (nSPS) is 19.8. The van der Waals surface area contributed by atoms with E-state index in [0.717, 1.165) is 12.8 Å². The Kier molecular flexibility index (Phi) is 5.20. The molecule has 1 fully saturated rings. The average Bonchev–Trinajstić information content (AvgIpc) is 2.42. The highest BCUT2D eigenvalue weighted by atomic mass is 35.5. The maximum absolute atomic E-state index is 12.2. The summed E-state index contributed by atoms with van der Waals surface area (Å²) in [5.74, 6) is 0.481. The Hall–Kier alpha value is -0.890. The van der Waals surface area contributed by atoms with Gasteiger partial charge in [0.25, 0.3) is 0 Å². The summed E-state index contributed by atoms with van der Waals surface area (Å²) in [6, 6.07) is 1.21. The number of halogens is 1. The van der Waals surface area contributed by atoms with Gasteiger partial charge in [-0.3, -0.25) is 0 Å². The van der Waals surface area contributed by atoms with Crippen LogP contribution in [0.2, 0.25) is 5.02 Å². The van der Waals surface area contributed by atoms with Crippen molar-refractivity contribution in [2.75, 3.05) is 25.1 Å². The third kappa shape index (κ3) is 3.82. The van der Waals surface area contributed by atoms with Gasteiger partial charge in [-0.25, -0.2) is 18.1 Å². The molecule has 112 valence electrons. The Labute approximate surface area is 123 Å². The highest BCUT2D eigenvalue weighted by molar-refractivity contribution is 7.89. The van der Waals surface area contributed by atoms with E-state index in [4.69, 9.17) is 16.3 Å². The maximum Gasteiger partial charge on any atom is 0.242 e. The molecule has 0 bridgehead atoms. The van der Waals surface area contributed by atoms with Crippen LogP contribution in [0, 0.1) is 0 Å². The first-order chi connectivity index (χ1) is 9.53. The first kappa shape index (κ1) is 15.5. The van der Waals surface area contributed by atoms with Crippen LogP contribution in [0.25, 0.3) is 0 Å². The van der Waals surface area contributed by atoms with E-state index in [1.54, 1.807) is 0 Å². The van der Waals surface area contributed by atoms with E-state index in [0.29, 0.717) is 25.6 Å². The van der Waals surface area contributed by atoms with Gasteiger partial charge in [0.05, 0.1) is 11.6 Å². The van der Waals surface area contributed by atoms with Crippen LogP contribution in [0.4, 0.5) is 5.82 Å². The largest absolute Gasteiger partial charge is 0.380 e. The number of nitrogens with zero attached hydrogens (tertiary/aromatic N) is 1. The summed E-state index contributed by atoms with van der Waals surface area (Å²) < 4.78 is 32.4. The van der Waals surface area contributed by atoms with Gasteiger partial charge in [-0.1, -0.05) is 11.6 Å². The molecular weight excluding hydrogens is 302 g/mol. The topological polar surface area (TPSA) is 80.3 Å². The summed E-state index contributed by atoms with van der Waals surface area (Å²) in [6.07, 6.45) is 2.93. The van der Waals surface area contributed by atoms with E-state index in [2.05, 4.69) is 15.0 Å². The minimum absolute atomic E-state index is 0.0646. The first-order valence-electron chi connectivity index (χ1n) is 6.52. The summed E-state index contributed by atoms with van der Waals surface area (Å²) in [5.41, 5.74) is 0. The number of rotatable bonds is 5. The predicted octanol–water partition coefficient (Wildman–Crippen LogP) is 1.62. The first-order valence-corrected chi connectivity index (χ1v) is 8.38. The molecule has 0 aromatic carbocycles. The smallest absolute Gasteiger partial charge is 0.242 e. The fourth-order valence-corrected chi connectivity index (χ4v) is 3.51. The SMILES string of the molecule is CCNc1ncc(S(=O)(=O)NC2CCCOC2)cc1Cl. The van der Waals surface area contributed by atoms with E-state index < -0.39 is 10.0 Å². The van der Waals surface area contributed by atoms with Crippen molar-refractivity contribution in [3.63, 3.8) is 0 Å². The minimum atomic E-state index is -3.62. The number of ether oxygens (including phenoxy) is 1. The zero-order chi connectivity index (χ0) is 14.6. The molecule has 2 rings (SSSR count). The van der Waals surface area contributed by atoms with Gasteiger partial charge >= 0.3 is 0 Å². The number of hydrogen-bond acceptors (Lipinski definition) is 5. The second-order valence-electron chi connectivity index (χ2n) is 4.57. The summed E-state index contributed by atoms with van der Waals surface area (Å²) in [5, 5.41) is 3.24. The molecule has 1 aliphatic rings. The molecule has 2 heterocycles. The van der Waals surface area contributed by atoms with E-state index in [9.17, 15) is 8.42 Å². The van der Waals surface area contributed by atoms with Crippen LogP contribution < -0.4 is 10.0 Å². The van der Waals surface area contributed by atoms with Gasteiger partial charge in [0.15, 0.2) is 0 Å². The Morgan fingerprint density at radius 3 is 2.95 bits per heavy atom. The quantitative estimate of drug-likeness (QED) is 0.862. The lowest BCUT2D eigenvalue weighted by molar-refractivity contribution is 0.0774. The van der Waals surface area contributed by atoms with Crippen molar-refractivity contribution in [1.29, 1.82) is 0 Å². The van der Waals surface area contributed by atoms with Gasteiger partial charge in [0.1, 0.15) is 10.7 Å². The summed E-state index contributed by atoms with van der Waals surface area (Å²) >= 11 is 6.02. The third-order valence-electron chi connectivity index (χ3n) is 2.95. The number of sulfonamides is 1. The van der Waals surface area contributed by atoms with Crippen LogP contribution >= 0.6 is 11.6 Å². The van der Waals surface area contributed by atoms with Gasteiger partial charge in [-0.2, -0.15) is 0 Å². The third-order valence-corrected chi connectivity index (χ3v) is 4.73. The summed E-state index contributed by atoms with van der Waals surface area (Å²) in [4.78, 5) is 4.10. The zero-order valence-electron chi connectivity index (χ0n) is 11.2. The molecule has 1 unspecified atom stereocenters. The van der Waals surface area contributed by atoms with Crippen molar-refractivity contribution in [2.24, 2.45) is 0 Å². The molecule has 2 N–H and O–H groups in total. The van der Waals surface area contributed by atoms with Crippen LogP contribution in [-0.4, -0.2) is 39.2 Å². The van der Waals surface area contributed by atoms with E-state index in [-0.39, 0.29) is 16.0 Å². The van der Waals surface area contributed by atoms with Gasteiger partial charge in [-0.15, -0.1) is 0 Å². The highest BCUT2D eigenvalue weighted by Crippen LogP contribution is 2.22. The van der Waals surface area contributed by atoms with Crippen LogP contribution in [0.1, 0.15) is 19.8 Å². The summed E-state index contributed by atoms with van der Waals surface area (Å²) in [6.45, 7) is 3.66. The minimum Gasteiger partial charge on any atom is -0.380 e. The Bertz CT molecular complexity index is 559.